The van der Waals surface area contributed by atoms with Crippen LogP contribution in [0.2, 0.25) is 0 Å². The molecule has 1 saturated heterocycles. The van der Waals surface area contributed by atoms with Gasteiger partial charge in [0, 0.05) is 32.0 Å². The summed E-state index contributed by atoms with van der Waals surface area (Å²) in [5.41, 5.74) is 0. The number of benzene rings is 1. The van der Waals surface area contributed by atoms with Crippen molar-refractivity contribution in [1.82, 2.24) is 19.8 Å². The van der Waals surface area contributed by atoms with E-state index in [0.717, 1.165) is 31.2 Å². The van der Waals surface area contributed by atoms with Crippen LogP contribution in [0, 0.1) is 0 Å². The van der Waals surface area contributed by atoms with Crippen LogP contribution in [-0.4, -0.2) is 58.5 Å². The van der Waals surface area contributed by atoms with E-state index in [2.05, 4.69) is 21.8 Å². The highest BCUT2D eigenvalue weighted by atomic mass is 16.5. The Morgan fingerprint density at radius 3 is 2.87 bits per heavy atom. The van der Waals surface area contributed by atoms with Gasteiger partial charge in [0.2, 0.25) is 0 Å². The second kappa shape index (κ2) is 7.28. The third-order valence-corrected chi connectivity index (χ3v) is 4.19. The fourth-order valence-electron chi connectivity index (χ4n) is 2.90. The highest BCUT2D eigenvalue weighted by molar-refractivity contribution is 5.78. The molecule has 1 N–H and O–H groups in total. The third-order valence-electron chi connectivity index (χ3n) is 4.19. The van der Waals surface area contributed by atoms with Gasteiger partial charge in [-0.25, -0.2) is 4.98 Å². The van der Waals surface area contributed by atoms with Crippen molar-refractivity contribution in [3.63, 3.8) is 0 Å². The summed E-state index contributed by atoms with van der Waals surface area (Å²) in [5, 5.41) is 0. The zero-order valence-corrected chi connectivity index (χ0v) is 13.3. The fraction of sp³-hybridized carbons (Fsp3) is 0.412. The molecule has 0 saturated carbocycles. The summed E-state index contributed by atoms with van der Waals surface area (Å²) < 4.78 is 5.57. The molecule has 0 bridgehead atoms. The van der Waals surface area contributed by atoms with Gasteiger partial charge in [-0.1, -0.05) is 25.1 Å². The van der Waals surface area contributed by atoms with E-state index in [9.17, 15) is 4.79 Å². The van der Waals surface area contributed by atoms with Gasteiger partial charge in [0.25, 0.3) is 5.91 Å². The molecule has 6 heteroatoms. The highest BCUT2D eigenvalue weighted by Gasteiger charge is 2.31. The minimum Gasteiger partial charge on any atom is -0.484 e. The molecule has 0 aliphatic carbocycles. The van der Waals surface area contributed by atoms with Crippen LogP contribution in [-0.2, 0) is 4.79 Å². The first-order chi connectivity index (χ1) is 11.3. The predicted molar refractivity (Wildman–Crippen MR) is 87.1 cm³/mol. The molecule has 1 fully saturated rings. The molecule has 1 aromatic heterocycles. The van der Waals surface area contributed by atoms with E-state index in [1.54, 1.807) is 6.20 Å². The van der Waals surface area contributed by atoms with E-state index in [1.165, 1.54) is 0 Å². The maximum atomic E-state index is 12.4. The second-order valence-electron chi connectivity index (χ2n) is 5.56. The number of nitrogens with zero attached hydrogens (tertiary/aromatic N) is 3. The lowest BCUT2D eigenvalue weighted by molar-refractivity contribution is -0.136. The maximum absolute atomic E-state index is 12.4. The van der Waals surface area contributed by atoms with Crippen LogP contribution in [0.4, 0.5) is 0 Å². The van der Waals surface area contributed by atoms with Crippen LogP contribution in [0.1, 0.15) is 18.8 Å². The molecule has 2 heterocycles. The number of nitrogens with one attached hydrogen (secondary N) is 1. The molecule has 1 atom stereocenters. The summed E-state index contributed by atoms with van der Waals surface area (Å²) in [4.78, 5) is 24.2. The Bertz CT molecular complexity index is 615. The van der Waals surface area contributed by atoms with Crippen molar-refractivity contribution in [2.75, 3.05) is 32.8 Å². The zero-order chi connectivity index (χ0) is 16.1. The number of H-pyrrole nitrogens is 1. The van der Waals surface area contributed by atoms with Gasteiger partial charge in [0.15, 0.2) is 6.61 Å². The minimum atomic E-state index is 0.0150. The van der Waals surface area contributed by atoms with E-state index in [-0.39, 0.29) is 18.6 Å². The van der Waals surface area contributed by atoms with Gasteiger partial charge in [0.1, 0.15) is 11.6 Å². The molecule has 6 nitrogen and oxygen atoms in total. The van der Waals surface area contributed by atoms with Crippen molar-refractivity contribution in [1.29, 1.82) is 0 Å². The number of likely N-dealkylation sites (N-methyl/N-ethyl adjacent to an activating group) is 1. The molecule has 0 spiro atoms. The average molecular weight is 314 g/mol. The predicted octanol–water partition coefficient (Wildman–Crippen LogP) is 1.69. The molecule has 23 heavy (non-hydrogen) atoms. The topological polar surface area (TPSA) is 61.5 Å². The number of amides is 1. The smallest absolute Gasteiger partial charge is 0.260 e. The number of carbonyl (C=O) groups is 1. The van der Waals surface area contributed by atoms with E-state index >= 15 is 0 Å². The lowest BCUT2D eigenvalue weighted by Crippen LogP contribution is -2.51. The molecule has 1 amide bonds. The Morgan fingerprint density at radius 2 is 2.17 bits per heavy atom. The third kappa shape index (κ3) is 3.71. The summed E-state index contributed by atoms with van der Waals surface area (Å²) in [5.74, 6) is 1.64. The number of carbonyl (C=O) groups excluding carboxylic acids is 1. The maximum Gasteiger partial charge on any atom is 0.260 e. The number of para-hydroxylation sites is 1. The molecular weight excluding hydrogens is 292 g/mol. The van der Waals surface area contributed by atoms with E-state index in [4.69, 9.17) is 4.74 Å². The van der Waals surface area contributed by atoms with E-state index < -0.39 is 0 Å². The monoisotopic (exact) mass is 314 g/mol. The van der Waals surface area contributed by atoms with Crippen LogP contribution in [0.15, 0.2) is 42.7 Å². The molecule has 1 aliphatic rings. The van der Waals surface area contributed by atoms with E-state index in [0.29, 0.717) is 6.54 Å². The van der Waals surface area contributed by atoms with Crippen molar-refractivity contribution < 1.29 is 9.53 Å². The number of aromatic nitrogens is 2. The van der Waals surface area contributed by atoms with Gasteiger partial charge in [-0.15, -0.1) is 0 Å². The summed E-state index contributed by atoms with van der Waals surface area (Å²) in [6.07, 6.45) is 3.57. The van der Waals surface area contributed by atoms with Crippen molar-refractivity contribution in [3.05, 3.63) is 48.5 Å². The molecule has 0 unspecified atom stereocenters. The van der Waals surface area contributed by atoms with Crippen LogP contribution < -0.4 is 4.74 Å². The Balaban J connectivity index is 1.60. The molecule has 1 aromatic carbocycles. The molecule has 3 rings (SSSR count). The lowest BCUT2D eigenvalue weighted by Gasteiger charge is -2.40. The summed E-state index contributed by atoms with van der Waals surface area (Å²) in [7, 11) is 0. The standard InChI is InChI=1S/C17H22N4O2/c1-2-20-10-11-21(12-15(20)17-18-8-9-19-17)16(22)13-23-14-6-4-3-5-7-14/h3-9,15H,2,10-13H2,1H3,(H,18,19)/t15-/m1/s1. The number of imidazole rings is 1. The van der Waals surface area contributed by atoms with Crippen LogP contribution in [0.5, 0.6) is 5.75 Å². The Labute approximate surface area is 136 Å². The summed E-state index contributed by atoms with van der Waals surface area (Å²) in [6.45, 7) is 5.35. The number of rotatable bonds is 5. The minimum absolute atomic E-state index is 0.0150. The van der Waals surface area contributed by atoms with Gasteiger partial charge in [-0.2, -0.15) is 0 Å². The normalized spacial score (nSPS) is 18.8. The summed E-state index contributed by atoms with van der Waals surface area (Å²) in [6, 6.07) is 9.54. The van der Waals surface area contributed by atoms with Crippen molar-refractivity contribution in [2.24, 2.45) is 0 Å². The SMILES string of the molecule is CCN1CCN(C(=O)COc2ccccc2)C[C@@H]1c1ncc[nH]1. The Hall–Kier alpha value is -2.34. The Kier molecular flexibility index (Phi) is 4.92. The quantitative estimate of drug-likeness (QED) is 0.912. The first-order valence-corrected chi connectivity index (χ1v) is 7.97. The van der Waals surface area contributed by atoms with Gasteiger partial charge in [-0.05, 0) is 18.7 Å². The second-order valence-corrected chi connectivity index (χ2v) is 5.56. The van der Waals surface area contributed by atoms with Crippen molar-refractivity contribution in [3.8, 4) is 5.75 Å². The lowest BCUT2D eigenvalue weighted by atomic mass is 10.1. The molecule has 122 valence electrons. The number of aromatic amines is 1. The van der Waals surface area contributed by atoms with Gasteiger partial charge < -0.3 is 14.6 Å². The fourth-order valence-corrected chi connectivity index (χ4v) is 2.90. The van der Waals surface area contributed by atoms with Crippen LogP contribution >= 0.6 is 0 Å². The largest absolute Gasteiger partial charge is 0.484 e. The molecular formula is C17H22N4O2. The summed E-state index contributed by atoms with van der Waals surface area (Å²) >= 11 is 0. The molecule has 1 aliphatic heterocycles. The zero-order valence-electron chi connectivity index (χ0n) is 13.3. The van der Waals surface area contributed by atoms with E-state index in [1.807, 2.05) is 41.4 Å². The number of hydrogen-bond donors (Lipinski definition) is 1. The molecule has 0 radical (unpaired) electrons. The highest BCUT2D eigenvalue weighted by Crippen LogP contribution is 2.22. The Morgan fingerprint density at radius 1 is 1.35 bits per heavy atom. The average Bonchev–Trinajstić information content (AvgIpc) is 3.14. The van der Waals surface area contributed by atoms with Crippen molar-refractivity contribution in [2.45, 2.75) is 13.0 Å². The number of piperazine rings is 1. The van der Waals surface area contributed by atoms with Crippen LogP contribution in [0.25, 0.3) is 0 Å². The van der Waals surface area contributed by atoms with Crippen molar-refractivity contribution >= 4 is 5.91 Å². The van der Waals surface area contributed by atoms with Crippen LogP contribution in [0.3, 0.4) is 0 Å². The van der Waals surface area contributed by atoms with Gasteiger partial charge >= 0.3 is 0 Å². The first kappa shape index (κ1) is 15.6. The number of hydrogen-bond acceptors (Lipinski definition) is 4. The van der Waals surface area contributed by atoms with Gasteiger partial charge in [-0.3, -0.25) is 9.69 Å². The molecule has 2 aromatic rings. The number of ether oxygens (including phenoxy) is 1. The van der Waals surface area contributed by atoms with Gasteiger partial charge in [0.05, 0.1) is 6.04 Å². The first-order valence-electron chi connectivity index (χ1n) is 7.97.